The van der Waals surface area contributed by atoms with Crippen molar-refractivity contribution in [3.05, 3.63) is 36.5 Å². The van der Waals surface area contributed by atoms with Crippen LogP contribution in [0.4, 0.5) is 5.69 Å². The highest BCUT2D eigenvalue weighted by atomic mass is 16.5. The summed E-state index contributed by atoms with van der Waals surface area (Å²) in [5.41, 5.74) is 1.70. The van der Waals surface area contributed by atoms with Crippen molar-refractivity contribution in [1.29, 1.82) is 0 Å². The molecule has 0 aliphatic rings. The van der Waals surface area contributed by atoms with Crippen LogP contribution in [0.25, 0.3) is 10.9 Å². The van der Waals surface area contributed by atoms with E-state index in [1.807, 2.05) is 30.3 Å². The molecular weight excluding hydrogens is 228 g/mol. The molecule has 0 saturated carbocycles. The lowest BCUT2D eigenvalue weighted by Crippen LogP contribution is -2.28. The molecule has 0 spiro atoms. The van der Waals surface area contributed by atoms with Crippen LogP contribution in [0.15, 0.2) is 36.5 Å². The summed E-state index contributed by atoms with van der Waals surface area (Å²) in [6.07, 6.45) is 1.74. The van der Waals surface area contributed by atoms with Gasteiger partial charge in [0.1, 0.15) is 6.04 Å². The lowest BCUT2D eigenvalue weighted by Gasteiger charge is -2.15. The minimum absolute atomic E-state index is 0.259. The molecule has 1 atom stereocenters. The molecule has 18 heavy (non-hydrogen) atoms. The number of para-hydroxylation sites is 1. The van der Waals surface area contributed by atoms with Gasteiger partial charge in [0.15, 0.2) is 0 Å². The molecule has 0 radical (unpaired) electrons. The zero-order chi connectivity index (χ0) is 13.0. The maximum Gasteiger partial charge on any atom is 0.328 e. The number of carbonyl (C=O) groups excluding carboxylic acids is 1. The zero-order valence-electron chi connectivity index (χ0n) is 10.5. The van der Waals surface area contributed by atoms with E-state index in [4.69, 9.17) is 4.74 Å². The Balaban J connectivity index is 2.24. The number of carbonyl (C=O) groups is 1. The van der Waals surface area contributed by atoms with E-state index in [1.54, 1.807) is 20.0 Å². The number of hydrogen-bond acceptors (Lipinski definition) is 4. The molecular formula is C14H16N2O2. The highest BCUT2D eigenvalue weighted by Crippen LogP contribution is 2.21. The van der Waals surface area contributed by atoms with Gasteiger partial charge in [-0.3, -0.25) is 4.98 Å². The molecule has 0 aliphatic heterocycles. The summed E-state index contributed by atoms with van der Waals surface area (Å²) in [7, 11) is 0. The fourth-order valence-corrected chi connectivity index (χ4v) is 1.78. The van der Waals surface area contributed by atoms with E-state index in [9.17, 15) is 4.79 Å². The molecule has 4 heteroatoms. The van der Waals surface area contributed by atoms with Gasteiger partial charge in [-0.2, -0.15) is 0 Å². The number of benzene rings is 1. The van der Waals surface area contributed by atoms with E-state index in [-0.39, 0.29) is 5.97 Å². The highest BCUT2D eigenvalue weighted by Gasteiger charge is 2.14. The normalized spacial score (nSPS) is 12.1. The van der Waals surface area contributed by atoms with Crippen LogP contribution < -0.4 is 5.32 Å². The molecule has 2 aromatic rings. The second-order valence-corrected chi connectivity index (χ2v) is 4.00. The molecule has 1 N–H and O–H groups in total. The van der Waals surface area contributed by atoms with E-state index in [2.05, 4.69) is 10.3 Å². The largest absolute Gasteiger partial charge is 0.464 e. The van der Waals surface area contributed by atoms with Gasteiger partial charge in [-0.25, -0.2) is 4.79 Å². The van der Waals surface area contributed by atoms with Crippen molar-refractivity contribution in [2.75, 3.05) is 11.9 Å². The minimum Gasteiger partial charge on any atom is -0.464 e. The van der Waals surface area contributed by atoms with E-state index in [0.29, 0.717) is 6.61 Å². The summed E-state index contributed by atoms with van der Waals surface area (Å²) in [6.45, 7) is 3.96. The number of nitrogens with one attached hydrogen (secondary N) is 1. The van der Waals surface area contributed by atoms with Gasteiger partial charge in [0, 0.05) is 11.6 Å². The first-order chi connectivity index (χ1) is 8.72. The summed E-state index contributed by atoms with van der Waals surface area (Å²) in [5, 5.41) is 4.17. The van der Waals surface area contributed by atoms with E-state index >= 15 is 0 Å². The van der Waals surface area contributed by atoms with Crippen molar-refractivity contribution in [2.45, 2.75) is 19.9 Å². The number of aromatic nitrogens is 1. The molecule has 2 rings (SSSR count). The minimum atomic E-state index is -0.391. The number of pyridine rings is 1. The van der Waals surface area contributed by atoms with Crippen LogP contribution in [0.5, 0.6) is 0 Å². The molecule has 1 aromatic heterocycles. The maximum atomic E-state index is 11.6. The summed E-state index contributed by atoms with van der Waals surface area (Å²) in [6, 6.07) is 9.32. The van der Waals surface area contributed by atoms with Crippen LogP contribution in [0, 0.1) is 0 Å². The molecule has 94 valence electrons. The molecule has 1 heterocycles. The number of ether oxygens (including phenoxy) is 1. The van der Waals surface area contributed by atoms with Gasteiger partial charge in [0.2, 0.25) is 0 Å². The van der Waals surface area contributed by atoms with Crippen molar-refractivity contribution >= 4 is 22.6 Å². The first-order valence-electron chi connectivity index (χ1n) is 5.99. The van der Waals surface area contributed by atoms with Crippen LogP contribution in [-0.2, 0) is 9.53 Å². The highest BCUT2D eigenvalue weighted by molar-refractivity contribution is 5.92. The van der Waals surface area contributed by atoms with Gasteiger partial charge in [0.05, 0.1) is 17.8 Å². The number of hydrogen-bond donors (Lipinski definition) is 1. The first-order valence-corrected chi connectivity index (χ1v) is 5.99. The Labute approximate surface area is 106 Å². The van der Waals surface area contributed by atoms with Gasteiger partial charge >= 0.3 is 5.97 Å². The third-order valence-corrected chi connectivity index (χ3v) is 2.64. The van der Waals surface area contributed by atoms with Crippen molar-refractivity contribution in [3.8, 4) is 0 Å². The van der Waals surface area contributed by atoms with Crippen LogP contribution in [0.3, 0.4) is 0 Å². The average Bonchev–Trinajstić information content (AvgIpc) is 2.39. The van der Waals surface area contributed by atoms with Gasteiger partial charge < -0.3 is 10.1 Å². The fraction of sp³-hybridized carbons (Fsp3) is 0.286. The van der Waals surface area contributed by atoms with Crippen LogP contribution >= 0.6 is 0 Å². The number of fused-ring (bicyclic) bond motifs is 1. The van der Waals surface area contributed by atoms with E-state index in [0.717, 1.165) is 16.6 Å². The number of anilines is 1. The van der Waals surface area contributed by atoms with Crippen LogP contribution in [0.1, 0.15) is 13.8 Å². The Bertz CT molecular complexity index is 549. The quantitative estimate of drug-likeness (QED) is 0.840. The molecule has 0 fully saturated rings. The van der Waals surface area contributed by atoms with Crippen molar-refractivity contribution in [2.24, 2.45) is 0 Å². The first kappa shape index (κ1) is 12.4. The molecule has 0 amide bonds. The van der Waals surface area contributed by atoms with Crippen LogP contribution in [-0.4, -0.2) is 23.6 Å². The van der Waals surface area contributed by atoms with Crippen molar-refractivity contribution < 1.29 is 9.53 Å². The van der Waals surface area contributed by atoms with Crippen molar-refractivity contribution in [3.63, 3.8) is 0 Å². The average molecular weight is 244 g/mol. The Hall–Kier alpha value is -2.10. The molecule has 0 saturated heterocycles. The van der Waals surface area contributed by atoms with Gasteiger partial charge in [0.25, 0.3) is 0 Å². The Morgan fingerprint density at radius 2 is 2.17 bits per heavy atom. The van der Waals surface area contributed by atoms with Crippen LogP contribution in [0.2, 0.25) is 0 Å². The maximum absolute atomic E-state index is 11.6. The molecule has 0 bridgehead atoms. The zero-order valence-corrected chi connectivity index (χ0v) is 10.5. The summed E-state index contributed by atoms with van der Waals surface area (Å²) < 4.78 is 4.97. The van der Waals surface area contributed by atoms with Gasteiger partial charge in [-0.05, 0) is 26.0 Å². The smallest absolute Gasteiger partial charge is 0.328 e. The lowest BCUT2D eigenvalue weighted by atomic mass is 10.2. The third kappa shape index (κ3) is 2.59. The molecule has 0 aliphatic carbocycles. The summed E-state index contributed by atoms with van der Waals surface area (Å²) in [4.78, 5) is 15.9. The molecule has 4 nitrogen and oxygen atoms in total. The summed E-state index contributed by atoms with van der Waals surface area (Å²) >= 11 is 0. The Kier molecular flexibility index (Phi) is 3.77. The number of rotatable bonds is 4. The molecule has 1 unspecified atom stereocenters. The number of esters is 1. The number of nitrogens with zero attached hydrogens (tertiary/aromatic N) is 1. The van der Waals surface area contributed by atoms with E-state index < -0.39 is 6.04 Å². The lowest BCUT2D eigenvalue weighted by molar-refractivity contribution is -0.143. The predicted molar refractivity (Wildman–Crippen MR) is 71.5 cm³/mol. The fourth-order valence-electron chi connectivity index (χ4n) is 1.78. The second kappa shape index (κ2) is 5.49. The monoisotopic (exact) mass is 244 g/mol. The van der Waals surface area contributed by atoms with Gasteiger partial charge in [-0.15, -0.1) is 0 Å². The topological polar surface area (TPSA) is 51.2 Å². The predicted octanol–water partition coefficient (Wildman–Crippen LogP) is 2.60. The standard InChI is InChI=1S/C14H16N2O2/c1-3-18-14(17)10(2)16-12-8-4-6-11-7-5-9-15-13(11)12/h4-10,16H,3H2,1-2H3. The van der Waals surface area contributed by atoms with Crippen molar-refractivity contribution in [1.82, 2.24) is 4.98 Å². The van der Waals surface area contributed by atoms with Gasteiger partial charge in [-0.1, -0.05) is 18.2 Å². The van der Waals surface area contributed by atoms with E-state index in [1.165, 1.54) is 0 Å². The SMILES string of the molecule is CCOC(=O)C(C)Nc1cccc2cccnc12. The molecule has 1 aromatic carbocycles. The summed E-state index contributed by atoms with van der Waals surface area (Å²) in [5.74, 6) is -0.259. The Morgan fingerprint density at radius 1 is 1.39 bits per heavy atom. The Morgan fingerprint density at radius 3 is 2.94 bits per heavy atom. The third-order valence-electron chi connectivity index (χ3n) is 2.64. The second-order valence-electron chi connectivity index (χ2n) is 4.00.